The molecule has 0 unspecified atom stereocenters. The molecule has 0 amide bonds. The van der Waals surface area contributed by atoms with Crippen molar-refractivity contribution < 1.29 is 19.4 Å². The van der Waals surface area contributed by atoms with Crippen molar-refractivity contribution in [2.45, 2.75) is 113 Å². The Bertz CT molecular complexity index is 1180. The number of carbonyl (C=O) groups excluding carboxylic acids is 1. The first kappa shape index (κ1) is 27.5. The van der Waals surface area contributed by atoms with E-state index in [9.17, 15) is 9.90 Å². The molecule has 2 aliphatic carbocycles. The lowest BCUT2D eigenvalue weighted by atomic mass is 9.70. The summed E-state index contributed by atoms with van der Waals surface area (Å²) in [5, 5.41) is 11.5. The van der Waals surface area contributed by atoms with Gasteiger partial charge in [0.2, 0.25) is 0 Å². The first-order chi connectivity index (χ1) is 17.2. The topological polar surface area (TPSA) is 55.8 Å². The summed E-state index contributed by atoms with van der Waals surface area (Å²) in [5.74, 6) is 0.920. The van der Waals surface area contributed by atoms with E-state index >= 15 is 0 Å². The predicted octanol–water partition coefficient (Wildman–Crippen LogP) is 8.19. The van der Waals surface area contributed by atoms with Crippen LogP contribution in [0.5, 0.6) is 11.5 Å². The smallest absolute Gasteiger partial charge is 0.342 e. The number of esters is 1. The van der Waals surface area contributed by atoms with Crippen molar-refractivity contribution in [2.75, 3.05) is 0 Å². The molecule has 2 fully saturated rings. The van der Waals surface area contributed by atoms with E-state index in [2.05, 4.69) is 73.6 Å². The highest BCUT2D eigenvalue weighted by atomic mass is 16.5. The summed E-state index contributed by atoms with van der Waals surface area (Å²) in [7, 11) is 0. The molecule has 1 aromatic rings. The van der Waals surface area contributed by atoms with Crippen molar-refractivity contribution in [3.8, 4) is 11.5 Å². The van der Waals surface area contributed by atoms with Crippen molar-refractivity contribution in [3.05, 3.63) is 57.7 Å². The number of allylic oxidation sites excluding steroid dienone is 5. The Labute approximate surface area is 223 Å². The fourth-order valence-corrected chi connectivity index (χ4v) is 6.81. The van der Waals surface area contributed by atoms with Crippen LogP contribution in [0, 0.1) is 23.7 Å². The predicted molar refractivity (Wildman–Crippen MR) is 150 cm³/mol. The van der Waals surface area contributed by atoms with Gasteiger partial charge < -0.3 is 14.6 Å². The lowest BCUT2D eigenvalue weighted by Crippen LogP contribution is -2.38. The molecule has 0 saturated heterocycles. The van der Waals surface area contributed by atoms with Crippen LogP contribution in [-0.2, 0) is 17.6 Å². The number of fused-ring (bicyclic) bond motifs is 3. The average molecular weight is 507 g/mol. The normalized spacial score (nSPS) is 29.5. The molecule has 1 N–H and O–H groups in total. The Morgan fingerprint density at radius 2 is 1.81 bits per heavy atom. The molecule has 2 bridgehead atoms. The largest absolute Gasteiger partial charge is 0.507 e. The first-order valence-electron chi connectivity index (χ1n) is 13.9. The molecule has 4 nitrogen and oxygen atoms in total. The monoisotopic (exact) mass is 506 g/mol. The number of ether oxygens (including phenoxy) is 2. The van der Waals surface area contributed by atoms with Crippen LogP contribution >= 0.6 is 0 Å². The number of phenols is 1. The van der Waals surface area contributed by atoms with E-state index in [-0.39, 0.29) is 22.7 Å². The Kier molecular flexibility index (Phi) is 7.20. The third kappa shape index (κ3) is 4.77. The van der Waals surface area contributed by atoms with Crippen LogP contribution in [0.4, 0.5) is 0 Å². The van der Waals surface area contributed by atoms with Gasteiger partial charge in [-0.2, -0.15) is 0 Å². The molecular weight excluding hydrogens is 460 g/mol. The summed E-state index contributed by atoms with van der Waals surface area (Å²) >= 11 is 0. The Morgan fingerprint density at radius 3 is 2.38 bits per heavy atom. The minimum absolute atomic E-state index is 0.0290. The van der Waals surface area contributed by atoms with E-state index in [4.69, 9.17) is 9.47 Å². The summed E-state index contributed by atoms with van der Waals surface area (Å²) in [6.07, 6.45) is 13.4. The number of carbonyl (C=O) groups is 1. The van der Waals surface area contributed by atoms with E-state index in [1.807, 2.05) is 13.0 Å². The Hall–Kier alpha value is -2.49. The molecule has 4 atom stereocenters. The van der Waals surface area contributed by atoms with Gasteiger partial charge >= 0.3 is 5.97 Å². The third-order valence-corrected chi connectivity index (χ3v) is 9.87. The van der Waals surface area contributed by atoms with Gasteiger partial charge in [0, 0.05) is 16.5 Å². The summed E-state index contributed by atoms with van der Waals surface area (Å²) < 4.78 is 12.9. The Morgan fingerprint density at radius 1 is 1.11 bits per heavy atom. The molecule has 1 heterocycles. The Balaban J connectivity index is 1.72. The molecule has 1 aliphatic heterocycles. The number of hydrogen-bond donors (Lipinski definition) is 1. The molecule has 202 valence electrons. The maximum Gasteiger partial charge on any atom is 0.342 e. The van der Waals surface area contributed by atoms with Crippen LogP contribution in [0.25, 0.3) is 0 Å². The molecule has 3 aliphatic rings. The van der Waals surface area contributed by atoms with Crippen molar-refractivity contribution in [1.82, 2.24) is 0 Å². The zero-order valence-electron chi connectivity index (χ0n) is 24.4. The highest BCUT2D eigenvalue weighted by Crippen LogP contribution is 2.66. The maximum absolute atomic E-state index is 13.7. The van der Waals surface area contributed by atoms with Crippen LogP contribution < -0.4 is 4.74 Å². The van der Waals surface area contributed by atoms with Crippen LogP contribution in [-0.4, -0.2) is 22.8 Å². The van der Waals surface area contributed by atoms with Crippen LogP contribution in [0.15, 0.2) is 35.5 Å². The van der Waals surface area contributed by atoms with Gasteiger partial charge in [-0.1, -0.05) is 50.1 Å². The summed E-state index contributed by atoms with van der Waals surface area (Å²) in [6, 6.07) is 0. The average Bonchev–Trinajstić information content (AvgIpc) is 3.12. The second kappa shape index (κ2) is 9.67. The van der Waals surface area contributed by atoms with Crippen molar-refractivity contribution >= 4 is 5.97 Å². The fraction of sp³-hybridized carbons (Fsp3) is 0.606. The van der Waals surface area contributed by atoms with Gasteiger partial charge in [0.05, 0.1) is 0 Å². The zero-order chi connectivity index (χ0) is 27.3. The highest BCUT2D eigenvalue weighted by molar-refractivity contribution is 5.96. The maximum atomic E-state index is 13.7. The number of aromatic hydroxyl groups is 1. The molecule has 4 heteroatoms. The summed E-state index contributed by atoms with van der Waals surface area (Å²) in [6.45, 7) is 19.2. The van der Waals surface area contributed by atoms with Gasteiger partial charge in [-0.05, 0) is 103 Å². The second-order valence-corrected chi connectivity index (χ2v) is 13.1. The molecule has 4 rings (SSSR count). The van der Waals surface area contributed by atoms with Crippen molar-refractivity contribution in [3.63, 3.8) is 0 Å². The molecule has 0 spiro atoms. The summed E-state index contributed by atoms with van der Waals surface area (Å²) in [5.41, 5.74) is 4.81. The molecule has 0 radical (unpaired) electrons. The van der Waals surface area contributed by atoms with Crippen molar-refractivity contribution in [1.29, 1.82) is 0 Å². The zero-order valence-corrected chi connectivity index (χ0v) is 24.4. The number of phenolic OH excluding ortho intramolecular Hbond substituents is 1. The van der Waals surface area contributed by atoms with Gasteiger partial charge in [0.1, 0.15) is 28.8 Å². The minimum Gasteiger partial charge on any atom is -0.507 e. The molecule has 37 heavy (non-hydrogen) atoms. The van der Waals surface area contributed by atoms with Crippen LogP contribution in [0.1, 0.15) is 108 Å². The van der Waals surface area contributed by atoms with E-state index in [1.165, 1.54) is 17.6 Å². The van der Waals surface area contributed by atoms with E-state index < -0.39 is 11.6 Å². The van der Waals surface area contributed by atoms with E-state index in [0.29, 0.717) is 30.1 Å². The number of benzene rings is 1. The second-order valence-electron chi connectivity index (χ2n) is 13.1. The molecule has 2 saturated carbocycles. The number of hydrogen-bond acceptors (Lipinski definition) is 4. The first-order valence-corrected chi connectivity index (χ1v) is 13.9. The lowest BCUT2D eigenvalue weighted by molar-refractivity contribution is -0.0245. The SMILES string of the molecule is CC(C)=C/C=C/[C@]1(C)CCc2c(O)c(C(=O)O[C@H]3C[C@H]4CC[C@]3(C)C4(C)C)c(C)c(CC=C(C)C)c2O1. The third-order valence-electron chi connectivity index (χ3n) is 9.87. The standard InChI is InChI=1S/C33H46O4/c1-20(2)11-10-16-32(8)17-15-25-28(34)27(22(5)24(29(25)37-32)13-12-21(3)4)30(35)36-26-19-23-14-18-33(26,9)31(23,6)7/h10-12,16,23,26,34H,13-15,17-19H2,1-9H3/b16-10+/t23-,26+,32-,33+/m1/s1. The van der Waals surface area contributed by atoms with Crippen LogP contribution in [0.2, 0.25) is 0 Å². The van der Waals surface area contributed by atoms with Gasteiger partial charge in [0.25, 0.3) is 0 Å². The fourth-order valence-electron chi connectivity index (χ4n) is 6.81. The highest BCUT2D eigenvalue weighted by Gasteiger charge is 2.63. The van der Waals surface area contributed by atoms with E-state index in [0.717, 1.165) is 36.0 Å². The molecule has 1 aromatic carbocycles. The minimum atomic E-state index is -0.483. The van der Waals surface area contributed by atoms with Gasteiger partial charge in [0.15, 0.2) is 0 Å². The molecule has 0 aromatic heterocycles. The number of rotatable bonds is 6. The quantitative estimate of drug-likeness (QED) is 0.240. The van der Waals surface area contributed by atoms with Crippen molar-refractivity contribution in [2.24, 2.45) is 16.7 Å². The van der Waals surface area contributed by atoms with Gasteiger partial charge in [-0.25, -0.2) is 4.79 Å². The van der Waals surface area contributed by atoms with E-state index in [1.54, 1.807) is 0 Å². The van der Waals surface area contributed by atoms with Crippen LogP contribution in [0.3, 0.4) is 0 Å². The lowest BCUT2D eigenvalue weighted by Gasteiger charge is -2.39. The molecular formula is C33H46O4. The summed E-state index contributed by atoms with van der Waals surface area (Å²) in [4.78, 5) is 13.7. The van der Waals surface area contributed by atoms with Gasteiger partial charge in [-0.15, -0.1) is 0 Å². The van der Waals surface area contributed by atoms with Gasteiger partial charge in [-0.3, -0.25) is 0 Å².